The van der Waals surface area contributed by atoms with E-state index in [0.29, 0.717) is 62.4 Å². The van der Waals surface area contributed by atoms with Crippen LogP contribution >= 0.6 is 0 Å². The lowest BCUT2D eigenvalue weighted by atomic mass is 10.0. The van der Waals surface area contributed by atoms with Crippen molar-refractivity contribution in [2.45, 2.75) is 75.0 Å². The van der Waals surface area contributed by atoms with Gasteiger partial charge in [0.25, 0.3) is 5.91 Å². The van der Waals surface area contributed by atoms with Crippen LogP contribution in [0.3, 0.4) is 0 Å². The molecule has 12 nitrogen and oxygen atoms in total. The Labute approximate surface area is 221 Å². The van der Waals surface area contributed by atoms with Gasteiger partial charge in [-0.1, -0.05) is 6.42 Å². The summed E-state index contributed by atoms with van der Waals surface area (Å²) in [5.74, 6) is 0.712. The highest BCUT2D eigenvalue weighted by Crippen LogP contribution is 2.41. The van der Waals surface area contributed by atoms with Crippen LogP contribution in [0.4, 0.5) is 22.2 Å². The normalized spacial score (nSPS) is 25.2. The molecule has 0 spiro atoms. The Morgan fingerprint density at radius 1 is 1.05 bits per heavy atom. The number of alkyl carbamates (subject to hydrolysis) is 1. The van der Waals surface area contributed by atoms with Crippen molar-refractivity contribution < 1.29 is 27.5 Å². The third-order valence-electron chi connectivity index (χ3n) is 6.89. The lowest BCUT2D eigenvalue weighted by Gasteiger charge is -2.40. The molecule has 4 heterocycles. The van der Waals surface area contributed by atoms with Crippen molar-refractivity contribution >= 4 is 39.5 Å². The van der Waals surface area contributed by atoms with Crippen LogP contribution in [0, 0.1) is 0 Å². The van der Waals surface area contributed by atoms with E-state index in [9.17, 15) is 18.0 Å². The van der Waals surface area contributed by atoms with E-state index in [0.717, 1.165) is 6.42 Å². The summed E-state index contributed by atoms with van der Waals surface area (Å²) in [6.45, 7) is 4.13. The minimum atomic E-state index is -3.66. The van der Waals surface area contributed by atoms with Gasteiger partial charge in [0.05, 0.1) is 11.1 Å². The maximum Gasteiger partial charge on any atom is 0.407 e. The van der Waals surface area contributed by atoms with Gasteiger partial charge in [0.2, 0.25) is 16.0 Å². The molecule has 1 saturated carbocycles. The minimum Gasteiger partial charge on any atom is -0.472 e. The topological polar surface area (TPSA) is 152 Å². The molecule has 3 N–H and O–H groups in total. The van der Waals surface area contributed by atoms with E-state index >= 15 is 0 Å². The first-order chi connectivity index (χ1) is 18.1. The first kappa shape index (κ1) is 26.2. The van der Waals surface area contributed by atoms with Crippen molar-refractivity contribution in [2.24, 2.45) is 0 Å². The van der Waals surface area contributed by atoms with E-state index in [1.165, 1.54) is 18.3 Å². The standard InChI is InChI=1S/C25H32N6O6S/c1-25(2)22(32)31-17-8-9-18(14-17)36-24(33)26-12-4-3-5-13-28-38(34,35)19-10-6-16(7-11-19)29-23-27-15-20(37-25)21(31)30-23/h6-7,10-11,15,17-18,28H,3-5,8-9,12-14H2,1-2H3,(H,26,33)(H,27,29,30)/t17-,18+/m1/s1. The summed E-state index contributed by atoms with van der Waals surface area (Å²) in [5, 5.41) is 5.83. The third kappa shape index (κ3) is 5.53. The van der Waals surface area contributed by atoms with Crippen molar-refractivity contribution in [3.8, 4) is 5.75 Å². The van der Waals surface area contributed by atoms with Crippen LogP contribution in [-0.4, -0.2) is 61.2 Å². The number of sulfonamides is 1. The van der Waals surface area contributed by atoms with E-state index in [2.05, 4.69) is 25.3 Å². The molecule has 13 heteroatoms. The Kier molecular flexibility index (Phi) is 7.14. The second kappa shape index (κ2) is 10.4. The largest absolute Gasteiger partial charge is 0.472 e. The number of fused-ring (bicyclic) bond motifs is 11. The molecule has 1 fully saturated rings. The maximum atomic E-state index is 13.5. The molecule has 0 saturated heterocycles. The van der Waals surface area contributed by atoms with Crippen LogP contribution < -0.4 is 25.0 Å². The van der Waals surface area contributed by atoms with Crippen molar-refractivity contribution in [3.05, 3.63) is 30.5 Å². The fourth-order valence-corrected chi connectivity index (χ4v) is 5.99. The zero-order valence-electron chi connectivity index (χ0n) is 21.4. The lowest BCUT2D eigenvalue weighted by Crippen LogP contribution is -2.56. The van der Waals surface area contributed by atoms with Crippen LogP contribution in [-0.2, 0) is 19.6 Å². The Balaban J connectivity index is 1.46. The maximum absolute atomic E-state index is 13.5. The zero-order valence-corrected chi connectivity index (χ0v) is 22.2. The van der Waals surface area contributed by atoms with Gasteiger partial charge in [-0.15, -0.1) is 0 Å². The van der Waals surface area contributed by atoms with E-state index in [4.69, 9.17) is 9.47 Å². The molecule has 4 aliphatic rings. The first-order valence-corrected chi connectivity index (χ1v) is 14.3. The monoisotopic (exact) mass is 544 g/mol. The van der Waals surface area contributed by atoms with Gasteiger partial charge in [0.1, 0.15) is 6.10 Å². The molecule has 1 aromatic heterocycles. The van der Waals surface area contributed by atoms with Gasteiger partial charge >= 0.3 is 6.09 Å². The van der Waals surface area contributed by atoms with Crippen molar-refractivity contribution in [3.63, 3.8) is 0 Å². The van der Waals surface area contributed by atoms with Gasteiger partial charge in [0.15, 0.2) is 17.2 Å². The molecule has 3 aliphatic heterocycles. The van der Waals surface area contributed by atoms with Gasteiger partial charge in [-0.25, -0.2) is 22.9 Å². The summed E-state index contributed by atoms with van der Waals surface area (Å²) < 4.78 is 39.4. The van der Waals surface area contributed by atoms with Crippen LogP contribution in [0.5, 0.6) is 5.75 Å². The molecule has 0 radical (unpaired) electrons. The molecule has 38 heavy (non-hydrogen) atoms. The summed E-state index contributed by atoms with van der Waals surface area (Å²) in [6.07, 6.45) is 4.53. The molecule has 1 aromatic carbocycles. The van der Waals surface area contributed by atoms with Crippen LogP contribution in [0.25, 0.3) is 0 Å². The second-order valence-electron chi connectivity index (χ2n) is 10.2. The van der Waals surface area contributed by atoms with Gasteiger partial charge < -0.3 is 20.1 Å². The number of aromatic nitrogens is 2. The quantitative estimate of drug-likeness (QED) is 0.455. The molecule has 6 rings (SSSR count). The Hall–Kier alpha value is -3.45. The first-order valence-electron chi connectivity index (χ1n) is 12.8. The molecule has 2 aromatic rings. The number of hydrogen-bond donors (Lipinski definition) is 3. The molecular weight excluding hydrogens is 512 g/mol. The molecule has 2 atom stereocenters. The summed E-state index contributed by atoms with van der Waals surface area (Å²) in [7, 11) is -3.66. The van der Waals surface area contributed by atoms with Crippen LogP contribution in [0.15, 0.2) is 35.4 Å². The van der Waals surface area contributed by atoms with Crippen molar-refractivity contribution in [1.29, 1.82) is 0 Å². The fraction of sp³-hybridized carbons (Fsp3) is 0.520. The zero-order chi connectivity index (χ0) is 26.9. The number of carbonyl (C=O) groups excluding carboxylic acids is 2. The Morgan fingerprint density at radius 2 is 1.82 bits per heavy atom. The number of ether oxygens (including phenoxy) is 2. The highest BCUT2D eigenvalue weighted by atomic mass is 32.2. The van der Waals surface area contributed by atoms with Gasteiger partial charge in [-0.3, -0.25) is 9.69 Å². The molecule has 0 unspecified atom stereocenters. The van der Waals surface area contributed by atoms with Gasteiger partial charge in [0, 0.05) is 31.2 Å². The molecule has 1 aliphatic carbocycles. The van der Waals surface area contributed by atoms with Crippen LogP contribution in [0.2, 0.25) is 0 Å². The second-order valence-corrected chi connectivity index (χ2v) is 12.0. The van der Waals surface area contributed by atoms with Gasteiger partial charge in [-0.05, 0) is 63.8 Å². The summed E-state index contributed by atoms with van der Waals surface area (Å²) in [5.41, 5.74) is -0.525. The number of anilines is 3. The van der Waals surface area contributed by atoms with Crippen molar-refractivity contribution in [2.75, 3.05) is 23.3 Å². The van der Waals surface area contributed by atoms with Crippen LogP contribution in [0.1, 0.15) is 52.4 Å². The lowest BCUT2D eigenvalue weighted by molar-refractivity contribution is -0.133. The molecular formula is C25H32N6O6S. The highest BCUT2D eigenvalue weighted by Gasteiger charge is 2.47. The van der Waals surface area contributed by atoms with E-state index in [-0.39, 0.29) is 28.9 Å². The van der Waals surface area contributed by atoms with Crippen molar-refractivity contribution in [1.82, 2.24) is 20.0 Å². The third-order valence-corrected chi connectivity index (χ3v) is 8.37. The Bertz CT molecular complexity index is 1320. The minimum absolute atomic E-state index is 0.143. The summed E-state index contributed by atoms with van der Waals surface area (Å²) in [4.78, 5) is 36.5. The Morgan fingerprint density at radius 3 is 2.61 bits per heavy atom. The highest BCUT2D eigenvalue weighted by molar-refractivity contribution is 7.89. The number of amides is 2. The number of benzene rings is 1. The number of nitrogens with one attached hydrogen (secondary N) is 3. The average Bonchev–Trinajstić information content (AvgIpc) is 3.32. The van der Waals surface area contributed by atoms with E-state index in [1.54, 1.807) is 30.9 Å². The number of nitrogens with zero attached hydrogens (tertiary/aromatic N) is 3. The van der Waals surface area contributed by atoms with Gasteiger partial charge in [-0.2, -0.15) is 4.98 Å². The van der Waals surface area contributed by atoms with E-state index in [1.807, 2.05) is 0 Å². The number of rotatable bonds is 0. The predicted molar refractivity (Wildman–Crippen MR) is 139 cm³/mol. The molecule has 2 amide bonds. The summed E-state index contributed by atoms with van der Waals surface area (Å²) in [6, 6.07) is 6.05. The molecule has 6 bridgehead atoms. The number of hydrogen-bond acceptors (Lipinski definition) is 9. The molecule has 204 valence electrons. The smallest absolute Gasteiger partial charge is 0.407 e. The van der Waals surface area contributed by atoms with E-state index < -0.39 is 21.7 Å². The predicted octanol–water partition coefficient (Wildman–Crippen LogP) is 2.83. The fourth-order valence-electron chi connectivity index (χ4n) is 4.92. The number of carbonyl (C=O) groups is 2. The average molecular weight is 545 g/mol. The SMILES string of the molecule is CC1(C)Oc2cnc3nc2N(C1=O)[C@@H]1CC[C@@H](C1)OC(=O)NCCCCCNS(=O)(=O)c1ccc(cc1)N3. The summed E-state index contributed by atoms with van der Waals surface area (Å²) >= 11 is 0.